The van der Waals surface area contributed by atoms with Crippen LogP contribution >= 0.6 is 11.3 Å². The van der Waals surface area contributed by atoms with E-state index in [1.807, 2.05) is 29.7 Å². The predicted molar refractivity (Wildman–Crippen MR) is 99.4 cm³/mol. The number of amides is 3. The maximum Gasteiger partial charge on any atom is 0.268 e. The molecule has 2 aromatic rings. The van der Waals surface area contributed by atoms with Crippen LogP contribution in [0, 0.1) is 0 Å². The molecule has 1 aliphatic heterocycles. The standard InChI is InChI=1S/C18H21N3O5S/c1-3-26-9-8-20-13-5-4-12(25-2)10-14(13)27-18(20)19-15(22)11-21-16(23)6-7-17(21)24/h4-5,10H,3,6-9,11H2,1-2H3. The number of carbonyl (C=O) groups excluding carboxylic acids is 3. The molecule has 0 unspecified atom stereocenters. The van der Waals surface area contributed by atoms with Gasteiger partial charge < -0.3 is 14.0 Å². The van der Waals surface area contributed by atoms with Crippen LogP contribution in [0.4, 0.5) is 0 Å². The van der Waals surface area contributed by atoms with Gasteiger partial charge >= 0.3 is 0 Å². The predicted octanol–water partition coefficient (Wildman–Crippen LogP) is 1.32. The van der Waals surface area contributed by atoms with E-state index in [0.717, 1.165) is 15.1 Å². The van der Waals surface area contributed by atoms with Crippen molar-refractivity contribution in [3.8, 4) is 5.75 Å². The van der Waals surface area contributed by atoms with Crippen LogP contribution in [-0.2, 0) is 25.7 Å². The molecule has 0 spiro atoms. The minimum Gasteiger partial charge on any atom is -0.497 e. The lowest BCUT2D eigenvalue weighted by Gasteiger charge is -2.10. The van der Waals surface area contributed by atoms with E-state index in [2.05, 4.69) is 4.99 Å². The zero-order valence-electron chi connectivity index (χ0n) is 15.3. The first-order valence-corrected chi connectivity index (χ1v) is 9.51. The fraction of sp³-hybridized carbons (Fsp3) is 0.444. The number of imide groups is 1. The molecular weight excluding hydrogens is 370 g/mol. The highest BCUT2D eigenvalue weighted by atomic mass is 32.1. The van der Waals surface area contributed by atoms with E-state index >= 15 is 0 Å². The molecule has 8 nitrogen and oxygen atoms in total. The summed E-state index contributed by atoms with van der Waals surface area (Å²) in [7, 11) is 1.59. The minimum atomic E-state index is -0.526. The van der Waals surface area contributed by atoms with Crippen LogP contribution in [0.3, 0.4) is 0 Å². The molecule has 27 heavy (non-hydrogen) atoms. The normalized spacial score (nSPS) is 15.2. The second kappa shape index (κ2) is 8.45. The molecule has 1 fully saturated rings. The number of carbonyl (C=O) groups is 3. The number of hydrogen-bond donors (Lipinski definition) is 0. The molecule has 0 aliphatic carbocycles. The summed E-state index contributed by atoms with van der Waals surface area (Å²) >= 11 is 1.35. The van der Waals surface area contributed by atoms with Crippen molar-refractivity contribution in [1.29, 1.82) is 0 Å². The van der Waals surface area contributed by atoms with Crippen molar-refractivity contribution < 1.29 is 23.9 Å². The molecule has 9 heteroatoms. The van der Waals surface area contributed by atoms with Gasteiger partial charge in [0.15, 0.2) is 4.80 Å². The maximum absolute atomic E-state index is 12.4. The van der Waals surface area contributed by atoms with Gasteiger partial charge in [0.25, 0.3) is 5.91 Å². The van der Waals surface area contributed by atoms with Crippen molar-refractivity contribution in [3.05, 3.63) is 23.0 Å². The van der Waals surface area contributed by atoms with Crippen molar-refractivity contribution in [2.45, 2.75) is 26.3 Å². The minimum absolute atomic E-state index is 0.156. The van der Waals surface area contributed by atoms with Gasteiger partial charge in [-0.1, -0.05) is 11.3 Å². The van der Waals surface area contributed by atoms with Crippen LogP contribution in [-0.4, -0.2) is 54.1 Å². The van der Waals surface area contributed by atoms with Crippen LogP contribution in [0.1, 0.15) is 19.8 Å². The van der Waals surface area contributed by atoms with Crippen molar-refractivity contribution in [1.82, 2.24) is 9.47 Å². The van der Waals surface area contributed by atoms with Gasteiger partial charge in [-0.3, -0.25) is 19.3 Å². The summed E-state index contributed by atoms with van der Waals surface area (Å²) in [6.45, 7) is 3.22. The lowest BCUT2D eigenvalue weighted by Crippen LogP contribution is -2.34. The fourth-order valence-corrected chi connectivity index (χ4v) is 3.96. The van der Waals surface area contributed by atoms with E-state index in [-0.39, 0.29) is 31.2 Å². The first-order chi connectivity index (χ1) is 13.0. The average Bonchev–Trinajstić information content (AvgIpc) is 3.15. The smallest absolute Gasteiger partial charge is 0.268 e. The van der Waals surface area contributed by atoms with Crippen molar-refractivity contribution in [2.75, 3.05) is 26.9 Å². The van der Waals surface area contributed by atoms with Crippen LogP contribution in [0.2, 0.25) is 0 Å². The second-order valence-electron chi connectivity index (χ2n) is 5.95. The molecule has 3 rings (SSSR count). The molecule has 3 amide bonds. The summed E-state index contributed by atoms with van der Waals surface area (Å²) in [5.41, 5.74) is 0.917. The van der Waals surface area contributed by atoms with Gasteiger partial charge in [-0.2, -0.15) is 4.99 Å². The van der Waals surface area contributed by atoms with Crippen LogP contribution in [0.15, 0.2) is 23.2 Å². The van der Waals surface area contributed by atoms with Crippen molar-refractivity contribution in [2.24, 2.45) is 4.99 Å². The largest absolute Gasteiger partial charge is 0.497 e. The molecule has 1 saturated heterocycles. The first-order valence-electron chi connectivity index (χ1n) is 8.69. The number of hydrogen-bond acceptors (Lipinski definition) is 6. The van der Waals surface area contributed by atoms with Crippen LogP contribution in [0.25, 0.3) is 10.2 Å². The third-order valence-electron chi connectivity index (χ3n) is 4.22. The maximum atomic E-state index is 12.4. The summed E-state index contributed by atoms with van der Waals surface area (Å²) in [5.74, 6) is -0.461. The number of thiazole rings is 1. The number of fused-ring (bicyclic) bond motifs is 1. The highest BCUT2D eigenvalue weighted by Crippen LogP contribution is 2.23. The third-order valence-corrected chi connectivity index (χ3v) is 5.26. The highest BCUT2D eigenvalue weighted by molar-refractivity contribution is 7.16. The van der Waals surface area contributed by atoms with E-state index in [1.54, 1.807) is 7.11 Å². The summed E-state index contributed by atoms with van der Waals surface area (Å²) < 4.78 is 13.5. The molecule has 0 bridgehead atoms. The van der Waals surface area contributed by atoms with Gasteiger partial charge in [-0.05, 0) is 25.1 Å². The monoisotopic (exact) mass is 391 g/mol. The Balaban J connectivity index is 1.93. The van der Waals surface area contributed by atoms with Gasteiger partial charge in [0, 0.05) is 26.0 Å². The first kappa shape index (κ1) is 19.2. The number of likely N-dealkylation sites (tertiary alicyclic amines) is 1. The van der Waals surface area contributed by atoms with Gasteiger partial charge in [0.1, 0.15) is 12.3 Å². The lowest BCUT2D eigenvalue weighted by molar-refractivity contribution is -0.141. The fourth-order valence-electron chi connectivity index (χ4n) is 2.86. The number of rotatable bonds is 7. The van der Waals surface area contributed by atoms with Gasteiger partial charge in [0.2, 0.25) is 11.8 Å². The molecule has 1 aromatic carbocycles. The van der Waals surface area contributed by atoms with E-state index in [9.17, 15) is 14.4 Å². The molecule has 0 N–H and O–H groups in total. The van der Waals surface area contributed by atoms with Gasteiger partial charge in [0.05, 0.1) is 23.9 Å². The Hall–Kier alpha value is -2.52. The Morgan fingerprint density at radius 1 is 1.26 bits per heavy atom. The Labute approximate surface area is 160 Å². The molecule has 1 aromatic heterocycles. The highest BCUT2D eigenvalue weighted by Gasteiger charge is 2.30. The molecular formula is C18H21N3O5S. The average molecular weight is 391 g/mol. The zero-order valence-corrected chi connectivity index (χ0v) is 16.1. The van der Waals surface area contributed by atoms with E-state index in [0.29, 0.717) is 30.3 Å². The molecule has 1 aliphatic rings. The molecule has 2 heterocycles. The molecule has 0 saturated carbocycles. The zero-order chi connectivity index (χ0) is 19.4. The summed E-state index contributed by atoms with van der Waals surface area (Å²) in [6.07, 6.45) is 0.312. The molecule has 0 atom stereocenters. The number of methoxy groups -OCH3 is 1. The Kier molecular flexibility index (Phi) is 6.02. The lowest BCUT2D eigenvalue weighted by atomic mass is 10.3. The van der Waals surface area contributed by atoms with Gasteiger partial charge in [-0.15, -0.1) is 0 Å². The van der Waals surface area contributed by atoms with E-state index < -0.39 is 5.91 Å². The molecule has 144 valence electrons. The van der Waals surface area contributed by atoms with Crippen LogP contribution < -0.4 is 9.54 Å². The Morgan fingerprint density at radius 3 is 2.67 bits per heavy atom. The Morgan fingerprint density at radius 2 is 2.00 bits per heavy atom. The number of nitrogens with zero attached hydrogens (tertiary/aromatic N) is 3. The summed E-state index contributed by atoms with van der Waals surface area (Å²) in [5, 5.41) is 0. The third kappa shape index (κ3) is 4.25. The number of aromatic nitrogens is 1. The van der Waals surface area contributed by atoms with Crippen molar-refractivity contribution in [3.63, 3.8) is 0 Å². The molecule has 0 radical (unpaired) electrons. The summed E-state index contributed by atoms with van der Waals surface area (Å²) in [4.78, 5) is 41.4. The van der Waals surface area contributed by atoms with Crippen molar-refractivity contribution >= 4 is 39.3 Å². The van der Waals surface area contributed by atoms with Gasteiger partial charge in [-0.25, -0.2) is 0 Å². The number of benzene rings is 1. The van der Waals surface area contributed by atoms with E-state index in [4.69, 9.17) is 9.47 Å². The topological polar surface area (TPSA) is 90.2 Å². The second-order valence-corrected chi connectivity index (χ2v) is 6.96. The SMILES string of the molecule is CCOCCn1c(=NC(=O)CN2C(=O)CCC2=O)sc2cc(OC)ccc21. The van der Waals surface area contributed by atoms with E-state index in [1.165, 1.54) is 11.3 Å². The summed E-state index contributed by atoms with van der Waals surface area (Å²) in [6, 6.07) is 5.64. The Bertz CT molecular complexity index is 930. The quantitative estimate of drug-likeness (QED) is 0.525. The van der Waals surface area contributed by atoms with Crippen LogP contribution in [0.5, 0.6) is 5.75 Å². The number of ether oxygens (including phenoxy) is 2.